The van der Waals surface area contributed by atoms with Crippen LogP contribution >= 0.6 is 23.2 Å². The van der Waals surface area contributed by atoms with Crippen LogP contribution in [0.5, 0.6) is 0 Å². The minimum atomic E-state index is 0. The van der Waals surface area contributed by atoms with Gasteiger partial charge in [0, 0.05) is 0 Å². The van der Waals surface area contributed by atoms with Crippen LogP contribution in [0, 0.1) is 0 Å². The number of hydrogen-bond donors (Lipinski definition) is 0. The van der Waals surface area contributed by atoms with Crippen LogP contribution in [0.2, 0.25) is 0 Å². The molecule has 0 radical (unpaired) electrons. The summed E-state index contributed by atoms with van der Waals surface area (Å²) in [5, 5.41) is 0.194. The molecule has 5 heavy (non-hydrogen) atoms. The van der Waals surface area contributed by atoms with Gasteiger partial charge in [0.2, 0.25) is 0 Å². The Morgan fingerprint density at radius 3 is 1.20 bits per heavy atom. The number of rotatable bonds is 0. The normalized spacial score (nSPS) is 3.60. The van der Waals surface area contributed by atoms with Gasteiger partial charge in [0.1, 0.15) is 0 Å². The monoisotopic (exact) mass is 146 g/mol. The fourth-order valence-corrected chi connectivity index (χ4v) is 0. The van der Waals surface area contributed by atoms with E-state index in [0.29, 0.717) is 0 Å². The summed E-state index contributed by atoms with van der Waals surface area (Å²) in [5.74, 6) is 0. The Labute approximate surface area is 58.4 Å². The van der Waals surface area contributed by atoms with Crippen molar-refractivity contribution < 1.29 is 12.4 Å². The third kappa shape index (κ3) is 31.8. The summed E-state index contributed by atoms with van der Waals surface area (Å²) in [6.07, 6.45) is 0. The summed E-state index contributed by atoms with van der Waals surface area (Å²) in [7, 11) is 0. The largest absolute Gasteiger partial charge is 3.00 e. The molecule has 0 amide bonds. The van der Waals surface area contributed by atoms with Crippen LogP contribution in [-0.2, 0) is 0 Å². The molecule has 0 aromatic carbocycles. The molecule has 0 aliphatic heterocycles. The maximum atomic E-state index is 4.76. The summed E-state index contributed by atoms with van der Waals surface area (Å²) in [5.41, 5.74) is 0. The Balaban J connectivity index is -0.0000000200. The molecule has 0 heterocycles. The molecule has 0 nitrogen and oxygen atoms in total. The van der Waals surface area contributed by atoms with Gasteiger partial charge < -0.3 is 12.4 Å². The van der Waals surface area contributed by atoms with Crippen molar-refractivity contribution in [2.45, 2.75) is 0 Å². The van der Waals surface area contributed by atoms with Crippen molar-refractivity contribution >= 4 is 40.6 Å². The second kappa shape index (κ2) is 18.1. The molecule has 0 aromatic rings. The zero-order chi connectivity index (χ0) is 2.71. The zero-order valence-electron chi connectivity index (χ0n) is 2.42. The molecule has 0 bridgehead atoms. The first-order chi connectivity index (χ1) is 1.41. The second-order valence-electron chi connectivity index (χ2n) is 0.101. The smallest absolute Gasteiger partial charge is 1.00 e. The van der Waals surface area contributed by atoms with E-state index >= 15 is 0 Å². The average Bonchev–Trinajstić information content (AvgIpc) is 0.918. The average molecular weight is 147 g/mol. The molecular weight excluding hydrogens is 145 g/mol. The van der Waals surface area contributed by atoms with Crippen molar-refractivity contribution in [3.05, 3.63) is 0 Å². The maximum absolute atomic E-state index is 4.76. The molecule has 0 atom stereocenters. The first kappa shape index (κ1) is 16.1. The first-order valence-electron chi connectivity index (χ1n) is 0.535. The molecule has 0 spiro atoms. The van der Waals surface area contributed by atoms with Gasteiger partial charge in [-0.1, -0.05) is 0 Å². The third-order valence-electron chi connectivity index (χ3n) is 0. The van der Waals surface area contributed by atoms with Crippen molar-refractivity contribution in [1.82, 2.24) is 0 Å². The summed E-state index contributed by atoms with van der Waals surface area (Å²) in [4.78, 5) is 0. The SMILES string of the molecule is ClCCl.[Al+3].[Cl-]. The summed E-state index contributed by atoms with van der Waals surface area (Å²) in [6.45, 7) is 0. The molecule has 0 saturated heterocycles. The number of hydrogen-bond acceptors (Lipinski definition) is 0. The standard InChI is InChI=1S/CH2Cl2.Al.ClH/c2-1-3;;/h1H2;;1H/q;+3;/p-1. The van der Waals surface area contributed by atoms with E-state index in [1.54, 1.807) is 0 Å². The summed E-state index contributed by atoms with van der Waals surface area (Å²) < 4.78 is 0. The van der Waals surface area contributed by atoms with Crippen LogP contribution in [-0.4, -0.2) is 22.7 Å². The van der Waals surface area contributed by atoms with E-state index in [1.807, 2.05) is 0 Å². The van der Waals surface area contributed by atoms with Gasteiger partial charge in [-0.15, -0.1) is 23.2 Å². The minimum absolute atomic E-state index is 0. The molecule has 0 aromatic heterocycles. The second-order valence-corrected chi connectivity index (χ2v) is 0.909. The quantitative estimate of drug-likeness (QED) is 0.276. The molecule has 0 saturated carbocycles. The zero-order valence-corrected chi connectivity index (χ0v) is 5.84. The van der Waals surface area contributed by atoms with E-state index < -0.39 is 0 Å². The van der Waals surface area contributed by atoms with Gasteiger partial charge in [0.15, 0.2) is 0 Å². The molecule has 0 aliphatic carbocycles. The maximum Gasteiger partial charge on any atom is 3.00 e. The Kier molecular flexibility index (Phi) is 58.6. The van der Waals surface area contributed by atoms with Gasteiger partial charge >= 0.3 is 17.4 Å². The summed E-state index contributed by atoms with van der Waals surface area (Å²) >= 11 is 9.53. The molecule has 0 aliphatic rings. The van der Waals surface area contributed by atoms with Crippen LogP contribution in [0.25, 0.3) is 0 Å². The predicted molar refractivity (Wildman–Crippen MR) is 22.3 cm³/mol. The Hall–Kier alpha value is 1.40. The van der Waals surface area contributed by atoms with Crippen molar-refractivity contribution in [2.24, 2.45) is 0 Å². The van der Waals surface area contributed by atoms with E-state index in [4.69, 9.17) is 23.2 Å². The molecule has 4 heteroatoms. The van der Waals surface area contributed by atoms with Gasteiger partial charge in [0.05, 0.1) is 5.34 Å². The van der Waals surface area contributed by atoms with Crippen LogP contribution in [0.15, 0.2) is 0 Å². The van der Waals surface area contributed by atoms with E-state index in [0.717, 1.165) is 0 Å². The minimum Gasteiger partial charge on any atom is -1.00 e. The van der Waals surface area contributed by atoms with Crippen molar-refractivity contribution in [3.63, 3.8) is 0 Å². The van der Waals surface area contributed by atoms with Gasteiger partial charge in [-0.2, -0.15) is 0 Å². The molecular formula is CH2AlCl3+2. The molecule has 28 valence electrons. The van der Waals surface area contributed by atoms with Crippen molar-refractivity contribution in [3.8, 4) is 0 Å². The first-order valence-corrected chi connectivity index (χ1v) is 1.60. The fourth-order valence-electron chi connectivity index (χ4n) is 0. The van der Waals surface area contributed by atoms with E-state index in [-0.39, 0.29) is 35.1 Å². The van der Waals surface area contributed by atoms with Gasteiger partial charge in [-0.25, -0.2) is 0 Å². The summed E-state index contributed by atoms with van der Waals surface area (Å²) in [6, 6.07) is 0. The molecule has 0 rings (SSSR count). The predicted octanol–water partition coefficient (Wildman–Crippen LogP) is -1.96. The number of halogens is 3. The third-order valence-corrected chi connectivity index (χ3v) is 0. The topological polar surface area (TPSA) is 0 Å². The van der Waals surface area contributed by atoms with Gasteiger partial charge in [-0.3, -0.25) is 0 Å². The Morgan fingerprint density at radius 2 is 1.20 bits per heavy atom. The van der Waals surface area contributed by atoms with Gasteiger partial charge in [-0.05, 0) is 0 Å². The van der Waals surface area contributed by atoms with Crippen molar-refractivity contribution in [2.75, 3.05) is 5.34 Å². The van der Waals surface area contributed by atoms with E-state index in [1.165, 1.54) is 0 Å². The van der Waals surface area contributed by atoms with E-state index in [9.17, 15) is 0 Å². The Morgan fingerprint density at radius 1 is 1.20 bits per heavy atom. The van der Waals surface area contributed by atoms with Crippen LogP contribution in [0.3, 0.4) is 0 Å². The van der Waals surface area contributed by atoms with Crippen LogP contribution in [0.4, 0.5) is 0 Å². The molecule has 0 N–H and O–H groups in total. The van der Waals surface area contributed by atoms with E-state index in [2.05, 4.69) is 0 Å². The fraction of sp³-hybridized carbons (Fsp3) is 1.00. The molecule has 0 unspecified atom stereocenters. The number of alkyl halides is 2. The molecule has 0 fully saturated rings. The van der Waals surface area contributed by atoms with Crippen LogP contribution in [0.1, 0.15) is 0 Å². The van der Waals surface area contributed by atoms with Crippen LogP contribution < -0.4 is 12.4 Å². The van der Waals surface area contributed by atoms with Gasteiger partial charge in [0.25, 0.3) is 0 Å². The Bertz CT molecular complexity index is 6.85. The van der Waals surface area contributed by atoms with Crippen molar-refractivity contribution in [1.29, 1.82) is 0 Å².